The van der Waals surface area contributed by atoms with E-state index in [0.717, 1.165) is 0 Å². The highest BCUT2D eigenvalue weighted by atomic mass is 16.6. The number of ether oxygens (including phenoxy) is 1. The first kappa shape index (κ1) is 14.5. The maximum absolute atomic E-state index is 12.1. The van der Waals surface area contributed by atoms with Gasteiger partial charge in [0.1, 0.15) is 0 Å². The van der Waals surface area contributed by atoms with Gasteiger partial charge in [-0.2, -0.15) is 0 Å². The summed E-state index contributed by atoms with van der Waals surface area (Å²) in [5.74, 6) is 1.80. The number of carbonyl (C=O) groups is 1. The second-order valence-corrected chi connectivity index (χ2v) is 4.34. The van der Waals surface area contributed by atoms with Gasteiger partial charge < -0.3 is 10.1 Å². The number of nitrogens with one attached hydrogen (secondary N) is 1. The Morgan fingerprint density at radius 3 is 2.63 bits per heavy atom. The number of para-hydroxylation sites is 1. The van der Waals surface area contributed by atoms with Crippen LogP contribution < -0.4 is 10.1 Å². The van der Waals surface area contributed by atoms with Crippen molar-refractivity contribution in [2.45, 2.75) is 19.4 Å². The molecule has 19 heavy (non-hydrogen) atoms. The maximum atomic E-state index is 12.1. The summed E-state index contributed by atoms with van der Waals surface area (Å²) in [6.45, 7) is 3.30. The quantitative estimate of drug-likeness (QED) is 0.509. The molecular formula is C13H14N2O4. The molecule has 6 nitrogen and oxygen atoms in total. The van der Waals surface area contributed by atoms with Gasteiger partial charge in [-0.25, -0.2) is 0 Å². The fourth-order valence-corrected chi connectivity index (χ4v) is 1.45. The standard InChI is InChI=1S/C13H14N2O4/c1-5-13(2,3)14-12(16)9-7-6-8-10(15(17)18)11(9)19-4/h1,6-8H,2-4H3,(H,14,16). The molecule has 1 amide bonds. The minimum atomic E-state index is -0.854. The first-order valence-electron chi connectivity index (χ1n) is 5.44. The van der Waals surface area contributed by atoms with Crippen LogP contribution in [0.3, 0.4) is 0 Å². The van der Waals surface area contributed by atoms with Crippen molar-refractivity contribution in [3.8, 4) is 18.1 Å². The molecule has 0 spiro atoms. The molecule has 0 unspecified atom stereocenters. The third kappa shape index (κ3) is 3.22. The van der Waals surface area contributed by atoms with Gasteiger partial charge in [0.15, 0.2) is 0 Å². The number of hydrogen-bond donors (Lipinski definition) is 1. The Kier molecular flexibility index (Phi) is 4.12. The molecular weight excluding hydrogens is 248 g/mol. The number of nitro groups is 1. The van der Waals surface area contributed by atoms with Crippen LogP contribution in [0.2, 0.25) is 0 Å². The average molecular weight is 262 g/mol. The third-order valence-corrected chi connectivity index (χ3v) is 2.43. The van der Waals surface area contributed by atoms with Crippen LogP contribution in [0.4, 0.5) is 5.69 Å². The molecule has 1 N–H and O–H groups in total. The van der Waals surface area contributed by atoms with Gasteiger partial charge >= 0.3 is 5.69 Å². The van der Waals surface area contributed by atoms with E-state index < -0.39 is 16.4 Å². The van der Waals surface area contributed by atoms with Crippen molar-refractivity contribution in [3.63, 3.8) is 0 Å². The molecule has 0 aromatic heterocycles. The van der Waals surface area contributed by atoms with E-state index in [-0.39, 0.29) is 17.0 Å². The van der Waals surface area contributed by atoms with Crippen LogP contribution in [0, 0.1) is 22.5 Å². The summed E-state index contributed by atoms with van der Waals surface area (Å²) in [5.41, 5.74) is -1.05. The maximum Gasteiger partial charge on any atom is 0.311 e. The fraction of sp³-hybridized carbons (Fsp3) is 0.308. The van der Waals surface area contributed by atoms with Gasteiger partial charge in [0.05, 0.1) is 23.1 Å². The molecule has 0 fully saturated rings. The van der Waals surface area contributed by atoms with Crippen LogP contribution in [0.25, 0.3) is 0 Å². The lowest BCUT2D eigenvalue weighted by atomic mass is 10.1. The highest BCUT2D eigenvalue weighted by Gasteiger charge is 2.25. The molecule has 0 saturated heterocycles. The summed E-state index contributed by atoms with van der Waals surface area (Å²) < 4.78 is 4.95. The number of terminal acetylenes is 1. The molecule has 0 heterocycles. The largest absolute Gasteiger partial charge is 0.490 e. The van der Waals surface area contributed by atoms with Crippen molar-refractivity contribution in [3.05, 3.63) is 33.9 Å². The van der Waals surface area contributed by atoms with Crippen LogP contribution >= 0.6 is 0 Å². The average Bonchev–Trinajstić information content (AvgIpc) is 2.37. The topological polar surface area (TPSA) is 81.5 Å². The van der Waals surface area contributed by atoms with E-state index in [9.17, 15) is 14.9 Å². The number of carbonyl (C=O) groups excluding carboxylic acids is 1. The van der Waals surface area contributed by atoms with E-state index in [1.807, 2.05) is 0 Å². The zero-order valence-corrected chi connectivity index (χ0v) is 10.9. The molecule has 0 atom stereocenters. The number of hydrogen-bond acceptors (Lipinski definition) is 4. The van der Waals surface area contributed by atoms with Crippen LogP contribution in [-0.2, 0) is 0 Å². The highest BCUT2D eigenvalue weighted by molar-refractivity contribution is 5.98. The van der Waals surface area contributed by atoms with Gasteiger partial charge in [-0.15, -0.1) is 6.42 Å². The number of nitro benzene ring substituents is 1. The molecule has 0 radical (unpaired) electrons. The second kappa shape index (κ2) is 5.40. The van der Waals surface area contributed by atoms with Crippen LogP contribution in [-0.4, -0.2) is 23.5 Å². The molecule has 0 aliphatic carbocycles. The van der Waals surface area contributed by atoms with Gasteiger partial charge in [0.2, 0.25) is 5.75 Å². The predicted molar refractivity (Wildman–Crippen MR) is 70.0 cm³/mol. The monoisotopic (exact) mass is 262 g/mol. The van der Waals surface area contributed by atoms with Crippen molar-refractivity contribution in [1.82, 2.24) is 5.32 Å². The molecule has 1 aromatic rings. The molecule has 1 aromatic carbocycles. The lowest BCUT2D eigenvalue weighted by molar-refractivity contribution is -0.385. The Hall–Kier alpha value is -2.55. The van der Waals surface area contributed by atoms with Crippen molar-refractivity contribution < 1.29 is 14.5 Å². The highest BCUT2D eigenvalue weighted by Crippen LogP contribution is 2.30. The van der Waals surface area contributed by atoms with Gasteiger partial charge in [0, 0.05) is 6.07 Å². The van der Waals surface area contributed by atoms with Gasteiger partial charge in [-0.3, -0.25) is 14.9 Å². The summed E-state index contributed by atoms with van der Waals surface area (Å²) in [7, 11) is 1.27. The van der Waals surface area contributed by atoms with Gasteiger partial charge in [-0.05, 0) is 19.9 Å². The Bertz CT molecular complexity index is 558. The zero-order chi connectivity index (χ0) is 14.6. The van der Waals surface area contributed by atoms with E-state index in [0.29, 0.717) is 0 Å². The van der Waals surface area contributed by atoms with Crippen LogP contribution in [0.5, 0.6) is 5.75 Å². The zero-order valence-electron chi connectivity index (χ0n) is 10.9. The first-order chi connectivity index (χ1) is 8.82. The molecule has 1 rings (SSSR count). The van der Waals surface area contributed by atoms with Crippen molar-refractivity contribution in [1.29, 1.82) is 0 Å². The smallest absolute Gasteiger partial charge is 0.311 e. The van der Waals surface area contributed by atoms with E-state index in [4.69, 9.17) is 11.2 Å². The fourth-order valence-electron chi connectivity index (χ4n) is 1.45. The number of rotatable bonds is 4. The molecule has 0 aliphatic rings. The molecule has 0 aliphatic heterocycles. The summed E-state index contributed by atoms with van der Waals surface area (Å²) in [5, 5.41) is 13.4. The number of benzene rings is 1. The molecule has 100 valence electrons. The molecule has 0 saturated carbocycles. The molecule has 0 bridgehead atoms. The van der Waals surface area contributed by atoms with E-state index >= 15 is 0 Å². The first-order valence-corrected chi connectivity index (χ1v) is 5.44. The number of nitrogens with zero attached hydrogens (tertiary/aromatic N) is 1. The normalized spacial score (nSPS) is 10.4. The Morgan fingerprint density at radius 2 is 2.16 bits per heavy atom. The lowest BCUT2D eigenvalue weighted by Gasteiger charge is -2.20. The van der Waals surface area contributed by atoms with Gasteiger partial charge in [-0.1, -0.05) is 12.0 Å². The lowest BCUT2D eigenvalue weighted by Crippen LogP contribution is -2.42. The summed E-state index contributed by atoms with van der Waals surface area (Å²) >= 11 is 0. The SMILES string of the molecule is C#CC(C)(C)NC(=O)c1cccc([N+](=O)[O-])c1OC. The van der Waals surface area contributed by atoms with Crippen LogP contribution in [0.15, 0.2) is 18.2 Å². The number of methoxy groups -OCH3 is 1. The van der Waals surface area contributed by atoms with Crippen molar-refractivity contribution in [2.24, 2.45) is 0 Å². The Labute approximate surface area is 110 Å². The van der Waals surface area contributed by atoms with E-state index in [1.54, 1.807) is 13.8 Å². The summed E-state index contributed by atoms with van der Waals surface area (Å²) in [6.07, 6.45) is 5.28. The minimum Gasteiger partial charge on any atom is -0.490 e. The second-order valence-electron chi connectivity index (χ2n) is 4.34. The Morgan fingerprint density at radius 1 is 1.53 bits per heavy atom. The summed E-state index contributed by atoms with van der Waals surface area (Å²) in [6, 6.07) is 4.12. The molecule has 6 heteroatoms. The summed E-state index contributed by atoms with van der Waals surface area (Å²) in [4.78, 5) is 22.3. The third-order valence-electron chi connectivity index (χ3n) is 2.43. The van der Waals surface area contributed by atoms with Crippen molar-refractivity contribution >= 4 is 11.6 Å². The minimum absolute atomic E-state index is 0.0695. The number of amides is 1. The van der Waals surface area contributed by atoms with E-state index in [1.165, 1.54) is 25.3 Å². The predicted octanol–water partition coefficient (Wildman–Crippen LogP) is 1.74. The van der Waals surface area contributed by atoms with E-state index in [2.05, 4.69) is 11.2 Å². The Balaban J connectivity index is 3.22. The van der Waals surface area contributed by atoms with Gasteiger partial charge in [0.25, 0.3) is 5.91 Å². The van der Waals surface area contributed by atoms with Crippen molar-refractivity contribution in [2.75, 3.05) is 7.11 Å². The van der Waals surface area contributed by atoms with Crippen LogP contribution in [0.1, 0.15) is 24.2 Å².